The number of carbonyl (C=O) groups is 1. The molecule has 1 aromatic heterocycles. The van der Waals surface area contributed by atoms with Gasteiger partial charge in [-0.1, -0.05) is 11.6 Å². The lowest BCUT2D eigenvalue weighted by Crippen LogP contribution is -2.56. The van der Waals surface area contributed by atoms with Gasteiger partial charge in [0, 0.05) is 32.0 Å². The number of alkyl halides is 2. The van der Waals surface area contributed by atoms with E-state index in [0.29, 0.717) is 37.7 Å². The lowest BCUT2D eigenvalue weighted by Gasteiger charge is -2.39. The molecular weight excluding hydrogens is 290 g/mol. The minimum atomic E-state index is -2.66. The molecule has 20 heavy (non-hydrogen) atoms. The van der Waals surface area contributed by atoms with E-state index in [1.165, 1.54) is 11.0 Å². The second-order valence-corrected chi connectivity index (χ2v) is 5.47. The van der Waals surface area contributed by atoms with Crippen LogP contribution in [0.15, 0.2) is 6.07 Å². The Kier molecular flexibility index (Phi) is 3.24. The largest absolute Gasteiger partial charge is 0.344 e. The predicted molar refractivity (Wildman–Crippen MR) is 70.7 cm³/mol. The highest BCUT2D eigenvalue weighted by molar-refractivity contribution is 6.29. The molecule has 5 nitrogen and oxygen atoms in total. The van der Waals surface area contributed by atoms with E-state index >= 15 is 0 Å². The number of nitrogens with zero attached hydrogens (tertiary/aromatic N) is 4. The van der Waals surface area contributed by atoms with Crippen molar-refractivity contribution in [3.8, 4) is 0 Å². The number of hydrogen-bond acceptors (Lipinski definition) is 5. The van der Waals surface area contributed by atoms with E-state index in [0.717, 1.165) is 0 Å². The van der Waals surface area contributed by atoms with Gasteiger partial charge < -0.3 is 9.80 Å². The molecule has 3 rings (SSSR count). The number of ketones is 1. The normalized spacial score (nSPS) is 21.9. The average molecular weight is 303 g/mol. The van der Waals surface area contributed by atoms with E-state index in [-0.39, 0.29) is 24.0 Å². The first-order valence-corrected chi connectivity index (χ1v) is 6.75. The van der Waals surface area contributed by atoms with E-state index in [4.69, 9.17) is 11.6 Å². The molecule has 2 fully saturated rings. The molecule has 2 aliphatic heterocycles. The molecular formula is C12H13ClF2N4O. The topological polar surface area (TPSA) is 49.3 Å². The Bertz CT molecular complexity index is 536. The van der Waals surface area contributed by atoms with Crippen molar-refractivity contribution in [3.05, 3.63) is 11.2 Å². The smallest absolute Gasteiger partial charge is 0.282 e. The Labute approximate surface area is 119 Å². The van der Waals surface area contributed by atoms with Gasteiger partial charge in [0.05, 0.1) is 13.1 Å². The summed E-state index contributed by atoms with van der Waals surface area (Å²) in [6, 6.07) is 1.48. The van der Waals surface area contributed by atoms with E-state index < -0.39 is 5.92 Å². The quantitative estimate of drug-likeness (QED) is 0.779. The summed E-state index contributed by atoms with van der Waals surface area (Å²) in [4.78, 5) is 22.9. The Morgan fingerprint density at radius 2 is 1.80 bits per heavy atom. The zero-order valence-electron chi connectivity index (χ0n) is 10.7. The molecule has 108 valence electrons. The Morgan fingerprint density at radius 1 is 1.15 bits per heavy atom. The number of halogens is 3. The summed E-state index contributed by atoms with van der Waals surface area (Å²) in [6.45, 7) is 0.375. The highest BCUT2D eigenvalue weighted by Crippen LogP contribution is 2.32. The SMILES string of the molecule is O=C1CCN(c2nc(Cl)cc(N3CC(F)(F)C3)n2)CC1. The average Bonchev–Trinajstić information content (AvgIpc) is 2.36. The van der Waals surface area contributed by atoms with Gasteiger partial charge in [-0.05, 0) is 0 Å². The van der Waals surface area contributed by atoms with Crippen LogP contribution in [-0.2, 0) is 4.79 Å². The van der Waals surface area contributed by atoms with Crippen molar-refractivity contribution in [1.82, 2.24) is 9.97 Å². The number of piperidine rings is 1. The Morgan fingerprint density at radius 3 is 2.40 bits per heavy atom. The summed E-state index contributed by atoms with van der Waals surface area (Å²) >= 11 is 5.94. The lowest BCUT2D eigenvalue weighted by molar-refractivity contribution is -0.119. The molecule has 0 atom stereocenters. The molecule has 0 saturated carbocycles. The van der Waals surface area contributed by atoms with Gasteiger partial charge >= 0.3 is 0 Å². The van der Waals surface area contributed by atoms with E-state index in [1.54, 1.807) is 0 Å². The van der Waals surface area contributed by atoms with Gasteiger partial charge in [0.25, 0.3) is 5.92 Å². The fourth-order valence-corrected chi connectivity index (χ4v) is 2.50. The third-order valence-corrected chi connectivity index (χ3v) is 3.64. The van der Waals surface area contributed by atoms with Crippen molar-refractivity contribution in [3.63, 3.8) is 0 Å². The van der Waals surface area contributed by atoms with Crippen LogP contribution >= 0.6 is 11.6 Å². The van der Waals surface area contributed by atoms with Gasteiger partial charge in [0.2, 0.25) is 5.95 Å². The summed E-state index contributed by atoms with van der Waals surface area (Å²) in [7, 11) is 0. The summed E-state index contributed by atoms with van der Waals surface area (Å²) in [5, 5.41) is 0.220. The molecule has 1 aromatic rings. The number of hydrogen-bond donors (Lipinski definition) is 0. The first-order chi connectivity index (χ1) is 9.43. The van der Waals surface area contributed by atoms with Crippen molar-refractivity contribution < 1.29 is 13.6 Å². The number of rotatable bonds is 2. The maximum atomic E-state index is 12.9. The highest BCUT2D eigenvalue weighted by Gasteiger charge is 2.44. The van der Waals surface area contributed by atoms with Crippen LogP contribution in [0.5, 0.6) is 0 Å². The molecule has 0 spiro atoms. The van der Waals surface area contributed by atoms with Gasteiger partial charge in [-0.15, -0.1) is 0 Å². The third-order valence-electron chi connectivity index (χ3n) is 3.44. The second-order valence-electron chi connectivity index (χ2n) is 5.09. The van der Waals surface area contributed by atoms with Gasteiger partial charge in [-0.3, -0.25) is 4.79 Å². The van der Waals surface area contributed by atoms with Crippen LogP contribution in [-0.4, -0.2) is 47.9 Å². The lowest BCUT2D eigenvalue weighted by atomic mass is 10.1. The highest BCUT2D eigenvalue weighted by atomic mass is 35.5. The molecule has 2 aliphatic rings. The Balaban J connectivity index is 1.79. The summed E-state index contributed by atoms with van der Waals surface area (Å²) in [5.74, 6) is -1.64. The van der Waals surface area contributed by atoms with Crippen molar-refractivity contribution in [2.45, 2.75) is 18.8 Å². The Hall–Kier alpha value is -1.50. The van der Waals surface area contributed by atoms with Crippen molar-refractivity contribution in [1.29, 1.82) is 0 Å². The molecule has 3 heterocycles. The maximum Gasteiger partial charge on any atom is 0.282 e. The van der Waals surface area contributed by atoms with Crippen LogP contribution in [0.4, 0.5) is 20.5 Å². The fraction of sp³-hybridized carbons (Fsp3) is 0.583. The molecule has 8 heteroatoms. The number of carbonyl (C=O) groups excluding carboxylic acids is 1. The first kappa shape index (κ1) is 13.5. The number of Topliss-reactive ketones (excluding diaryl/α,β-unsaturated/α-hetero) is 1. The van der Waals surface area contributed by atoms with Crippen molar-refractivity contribution in [2.24, 2.45) is 0 Å². The van der Waals surface area contributed by atoms with Crippen LogP contribution < -0.4 is 9.80 Å². The van der Waals surface area contributed by atoms with Crippen LogP contribution in [0.1, 0.15) is 12.8 Å². The van der Waals surface area contributed by atoms with Crippen LogP contribution in [0, 0.1) is 0 Å². The molecule has 0 bridgehead atoms. The van der Waals surface area contributed by atoms with E-state index in [2.05, 4.69) is 9.97 Å². The molecule has 2 saturated heterocycles. The molecule has 0 aliphatic carbocycles. The van der Waals surface area contributed by atoms with Crippen LogP contribution in [0.25, 0.3) is 0 Å². The third kappa shape index (κ3) is 2.67. The first-order valence-electron chi connectivity index (χ1n) is 6.37. The summed E-state index contributed by atoms with van der Waals surface area (Å²) in [6.07, 6.45) is 0.903. The van der Waals surface area contributed by atoms with Crippen LogP contribution in [0.2, 0.25) is 5.15 Å². The molecule has 0 N–H and O–H groups in total. The van der Waals surface area contributed by atoms with Crippen molar-refractivity contribution in [2.75, 3.05) is 36.0 Å². The van der Waals surface area contributed by atoms with E-state index in [1.807, 2.05) is 4.90 Å². The van der Waals surface area contributed by atoms with Crippen LogP contribution in [0.3, 0.4) is 0 Å². The number of aromatic nitrogens is 2. The van der Waals surface area contributed by atoms with Gasteiger partial charge in [0.1, 0.15) is 16.8 Å². The fourth-order valence-electron chi connectivity index (χ4n) is 2.33. The van der Waals surface area contributed by atoms with Gasteiger partial charge in [-0.2, -0.15) is 4.98 Å². The summed E-state index contributed by atoms with van der Waals surface area (Å²) < 4.78 is 25.8. The standard InChI is InChI=1S/C12H13ClF2N4O/c13-9-5-10(19-6-12(14,15)7-19)17-11(16-9)18-3-1-8(20)2-4-18/h5H,1-4,6-7H2. The zero-order chi connectivity index (χ0) is 14.3. The van der Waals surface area contributed by atoms with Gasteiger partial charge in [0.15, 0.2) is 0 Å². The minimum absolute atomic E-state index is 0.214. The predicted octanol–water partition coefficient (Wildman–Crippen LogP) is 1.75. The number of anilines is 2. The second kappa shape index (κ2) is 4.80. The maximum absolute atomic E-state index is 12.9. The summed E-state index contributed by atoms with van der Waals surface area (Å²) in [5.41, 5.74) is 0. The monoisotopic (exact) mass is 302 g/mol. The molecule has 0 radical (unpaired) electrons. The van der Waals surface area contributed by atoms with Crippen molar-refractivity contribution >= 4 is 29.2 Å². The zero-order valence-corrected chi connectivity index (χ0v) is 11.4. The minimum Gasteiger partial charge on any atom is -0.344 e. The molecule has 0 unspecified atom stereocenters. The van der Waals surface area contributed by atoms with E-state index in [9.17, 15) is 13.6 Å². The molecule has 0 aromatic carbocycles. The van der Waals surface area contributed by atoms with Gasteiger partial charge in [-0.25, -0.2) is 13.8 Å². The molecule has 0 amide bonds.